The van der Waals surface area contributed by atoms with E-state index in [9.17, 15) is 9.59 Å². The van der Waals surface area contributed by atoms with E-state index in [0.717, 1.165) is 12.1 Å². The van der Waals surface area contributed by atoms with Crippen LogP contribution in [0.5, 0.6) is 0 Å². The molecule has 0 bridgehead atoms. The van der Waals surface area contributed by atoms with Crippen LogP contribution in [-0.2, 0) is 17.8 Å². The number of imidazole rings is 1. The smallest absolute Gasteiger partial charge is 0.276 e. The average molecular weight is 327 g/mol. The number of nitrogens with one attached hydrogen (secondary N) is 2. The van der Waals surface area contributed by atoms with E-state index in [-0.39, 0.29) is 23.8 Å². The van der Waals surface area contributed by atoms with E-state index in [1.165, 1.54) is 0 Å². The maximum atomic E-state index is 12.4. The lowest BCUT2D eigenvalue weighted by atomic mass is 9.96. The number of pyridine rings is 1. The SMILES string of the molecule is CC(C)NC(=O)C1CCc2c(C(=O)Nc3cccnc3)ncn2C1. The Labute approximate surface area is 140 Å². The zero-order chi connectivity index (χ0) is 17.1. The third kappa shape index (κ3) is 3.45. The number of carbonyl (C=O) groups excluding carboxylic acids is 2. The number of rotatable bonds is 4. The van der Waals surface area contributed by atoms with Gasteiger partial charge in [0.25, 0.3) is 5.91 Å². The Bertz CT molecular complexity index is 739. The van der Waals surface area contributed by atoms with Gasteiger partial charge in [-0.1, -0.05) is 0 Å². The third-order valence-electron chi connectivity index (χ3n) is 4.03. The normalized spacial score (nSPS) is 16.5. The maximum Gasteiger partial charge on any atom is 0.276 e. The second-order valence-electron chi connectivity index (χ2n) is 6.29. The second-order valence-corrected chi connectivity index (χ2v) is 6.29. The lowest BCUT2D eigenvalue weighted by Crippen LogP contribution is -2.39. The monoisotopic (exact) mass is 327 g/mol. The number of anilines is 1. The van der Waals surface area contributed by atoms with Crippen LogP contribution in [0.2, 0.25) is 0 Å². The van der Waals surface area contributed by atoms with E-state index in [1.54, 1.807) is 30.9 Å². The van der Waals surface area contributed by atoms with Gasteiger partial charge in [-0.15, -0.1) is 0 Å². The molecule has 2 aromatic rings. The predicted octanol–water partition coefficient (Wildman–Crippen LogP) is 1.62. The highest BCUT2D eigenvalue weighted by Crippen LogP contribution is 2.23. The molecule has 1 unspecified atom stereocenters. The highest BCUT2D eigenvalue weighted by molar-refractivity contribution is 6.03. The molecule has 7 nitrogen and oxygen atoms in total. The number of amides is 2. The molecule has 2 aromatic heterocycles. The molecule has 24 heavy (non-hydrogen) atoms. The summed E-state index contributed by atoms with van der Waals surface area (Å²) in [4.78, 5) is 32.8. The van der Waals surface area contributed by atoms with Crippen molar-refractivity contribution in [1.82, 2.24) is 19.9 Å². The maximum absolute atomic E-state index is 12.4. The van der Waals surface area contributed by atoms with Crippen molar-refractivity contribution in [1.29, 1.82) is 0 Å². The van der Waals surface area contributed by atoms with Crippen LogP contribution in [0.3, 0.4) is 0 Å². The molecule has 0 saturated carbocycles. The number of hydrogen-bond donors (Lipinski definition) is 2. The molecule has 1 atom stereocenters. The first-order chi connectivity index (χ1) is 11.5. The van der Waals surface area contributed by atoms with Gasteiger partial charge in [-0.2, -0.15) is 0 Å². The molecule has 3 rings (SSSR count). The van der Waals surface area contributed by atoms with Crippen LogP contribution in [0.15, 0.2) is 30.9 Å². The molecule has 1 aliphatic heterocycles. The van der Waals surface area contributed by atoms with Gasteiger partial charge in [0.05, 0.1) is 29.8 Å². The molecule has 1 aliphatic rings. The van der Waals surface area contributed by atoms with Gasteiger partial charge in [-0.05, 0) is 38.8 Å². The van der Waals surface area contributed by atoms with Crippen molar-refractivity contribution in [3.63, 3.8) is 0 Å². The lowest BCUT2D eigenvalue weighted by molar-refractivity contribution is -0.126. The summed E-state index contributed by atoms with van der Waals surface area (Å²) in [7, 11) is 0. The predicted molar refractivity (Wildman–Crippen MR) is 89.5 cm³/mol. The molecule has 7 heteroatoms. The fourth-order valence-corrected chi connectivity index (χ4v) is 2.90. The Balaban J connectivity index is 1.71. The van der Waals surface area contributed by atoms with Crippen LogP contribution in [0.25, 0.3) is 0 Å². The summed E-state index contributed by atoms with van der Waals surface area (Å²) in [5.74, 6) is -0.268. The van der Waals surface area contributed by atoms with Gasteiger partial charge >= 0.3 is 0 Å². The quantitative estimate of drug-likeness (QED) is 0.893. The van der Waals surface area contributed by atoms with Crippen molar-refractivity contribution in [2.45, 2.75) is 39.3 Å². The Hall–Kier alpha value is -2.70. The number of nitrogens with zero attached hydrogens (tertiary/aromatic N) is 3. The molecule has 2 amide bonds. The van der Waals surface area contributed by atoms with Gasteiger partial charge in [0.1, 0.15) is 5.69 Å². The minimum absolute atomic E-state index is 0.0608. The second kappa shape index (κ2) is 6.82. The largest absolute Gasteiger partial charge is 0.354 e. The van der Waals surface area contributed by atoms with Crippen molar-refractivity contribution in [3.05, 3.63) is 42.2 Å². The number of hydrogen-bond acceptors (Lipinski definition) is 4. The summed E-state index contributed by atoms with van der Waals surface area (Å²) < 4.78 is 1.91. The zero-order valence-corrected chi connectivity index (χ0v) is 13.8. The fraction of sp³-hybridized carbons (Fsp3) is 0.412. The van der Waals surface area contributed by atoms with Gasteiger partial charge in [-0.3, -0.25) is 14.6 Å². The minimum atomic E-state index is -0.248. The zero-order valence-electron chi connectivity index (χ0n) is 13.8. The molecule has 0 saturated heterocycles. The van der Waals surface area contributed by atoms with Crippen LogP contribution in [-0.4, -0.2) is 32.4 Å². The van der Waals surface area contributed by atoms with Crippen LogP contribution in [0.1, 0.15) is 36.5 Å². The van der Waals surface area contributed by atoms with Crippen molar-refractivity contribution in [3.8, 4) is 0 Å². The van der Waals surface area contributed by atoms with Gasteiger partial charge in [0, 0.05) is 18.8 Å². The van der Waals surface area contributed by atoms with E-state index in [0.29, 0.717) is 24.3 Å². The summed E-state index contributed by atoms with van der Waals surface area (Å²) in [5.41, 5.74) is 1.93. The van der Waals surface area contributed by atoms with Crippen LogP contribution in [0, 0.1) is 5.92 Å². The first-order valence-electron chi connectivity index (χ1n) is 8.10. The van der Waals surface area contributed by atoms with E-state index in [4.69, 9.17) is 0 Å². The molecule has 0 aromatic carbocycles. The average Bonchev–Trinajstić information content (AvgIpc) is 2.98. The molecule has 2 N–H and O–H groups in total. The Morgan fingerprint density at radius 3 is 2.92 bits per heavy atom. The van der Waals surface area contributed by atoms with E-state index < -0.39 is 0 Å². The van der Waals surface area contributed by atoms with Crippen LogP contribution >= 0.6 is 0 Å². The summed E-state index contributed by atoms with van der Waals surface area (Å²) in [6, 6.07) is 3.66. The summed E-state index contributed by atoms with van der Waals surface area (Å²) in [5, 5.41) is 5.74. The molecular weight excluding hydrogens is 306 g/mol. The molecule has 126 valence electrons. The molecule has 0 spiro atoms. The highest BCUT2D eigenvalue weighted by atomic mass is 16.2. The number of fused-ring (bicyclic) bond motifs is 1. The van der Waals surface area contributed by atoms with Crippen LogP contribution in [0.4, 0.5) is 5.69 Å². The standard InChI is InChI=1S/C17H21N5O2/c1-11(2)20-16(23)12-5-6-14-15(19-10-22(14)9-12)17(24)21-13-4-3-7-18-8-13/h3-4,7-8,10-12H,5-6,9H2,1-2H3,(H,20,23)(H,21,24). The number of carbonyl (C=O) groups is 2. The molecule has 0 aliphatic carbocycles. The van der Waals surface area contributed by atoms with Crippen molar-refractivity contribution in [2.75, 3.05) is 5.32 Å². The van der Waals surface area contributed by atoms with Gasteiger partial charge in [0.2, 0.25) is 5.91 Å². The molecular formula is C17H21N5O2. The van der Waals surface area contributed by atoms with Crippen molar-refractivity contribution >= 4 is 17.5 Å². The Morgan fingerprint density at radius 1 is 1.38 bits per heavy atom. The molecule has 3 heterocycles. The first-order valence-corrected chi connectivity index (χ1v) is 8.10. The Morgan fingerprint density at radius 2 is 2.21 bits per heavy atom. The summed E-state index contributed by atoms with van der Waals surface area (Å²) in [6.07, 6.45) is 6.26. The summed E-state index contributed by atoms with van der Waals surface area (Å²) in [6.45, 7) is 4.45. The first kappa shape index (κ1) is 16.2. The lowest BCUT2D eigenvalue weighted by Gasteiger charge is -2.24. The topological polar surface area (TPSA) is 88.9 Å². The fourth-order valence-electron chi connectivity index (χ4n) is 2.90. The Kier molecular flexibility index (Phi) is 4.59. The van der Waals surface area contributed by atoms with Gasteiger partial charge in [0.15, 0.2) is 0 Å². The van der Waals surface area contributed by atoms with Gasteiger partial charge in [-0.25, -0.2) is 4.98 Å². The van der Waals surface area contributed by atoms with E-state index in [1.807, 2.05) is 18.4 Å². The van der Waals surface area contributed by atoms with E-state index >= 15 is 0 Å². The van der Waals surface area contributed by atoms with Crippen molar-refractivity contribution in [2.24, 2.45) is 5.92 Å². The van der Waals surface area contributed by atoms with E-state index in [2.05, 4.69) is 20.6 Å². The van der Waals surface area contributed by atoms with Gasteiger partial charge < -0.3 is 15.2 Å². The summed E-state index contributed by atoms with van der Waals surface area (Å²) >= 11 is 0. The minimum Gasteiger partial charge on any atom is -0.354 e. The third-order valence-corrected chi connectivity index (χ3v) is 4.03. The number of aromatic nitrogens is 3. The van der Waals surface area contributed by atoms with Crippen LogP contribution < -0.4 is 10.6 Å². The van der Waals surface area contributed by atoms with Crippen molar-refractivity contribution < 1.29 is 9.59 Å². The molecule has 0 radical (unpaired) electrons. The molecule has 0 fully saturated rings. The highest BCUT2D eigenvalue weighted by Gasteiger charge is 2.28.